The molecule has 0 saturated heterocycles. The van der Waals surface area contributed by atoms with Gasteiger partial charge in [0, 0.05) is 6.61 Å². The number of hydrogen-bond donors (Lipinski definition) is 0. The quantitative estimate of drug-likeness (QED) is 0.156. The molecule has 1 aromatic carbocycles. The molecule has 0 aromatic heterocycles. The van der Waals surface area contributed by atoms with Crippen molar-refractivity contribution >= 4 is 10.2 Å². The van der Waals surface area contributed by atoms with Crippen LogP contribution >= 0.6 is 10.2 Å². The molecule has 0 amide bonds. The predicted molar refractivity (Wildman–Crippen MR) is 120 cm³/mol. The Hall–Kier alpha value is -0.860. The molecule has 31 heavy (non-hydrogen) atoms. The maximum absolute atomic E-state index is 12.7. The van der Waals surface area contributed by atoms with Crippen LogP contribution in [0.1, 0.15) is 83.6 Å². The fraction of sp³-hybridized carbons (Fsp3) is 0.739. The van der Waals surface area contributed by atoms with Gasteiger partial charge in [0.2, 0.25) is 0 Å². The van der Waals surface area contributed by atoms with Crippen molar-refractivity contribution in [3.63, 3.8) is 0 Å². The molecular formula is C23H39F5O2S. The van der Waals surface area contributed by atoms with Gasteiger partial charge in [0.1, 0.15) is 4.90 Å². The third-order valence-electron chi connectivity index (χ3n) is 5.05. The van der Waals surface area contributed by atoms with Gasteiger partial charge in [-0.25, -0.2) is 0 Å². The molecule has 0 bridgehead atoms. The smallest absolute Gasteiger partial charge is 0.310 e. The fourth-order valence-electron chi connectivity index (χ4n) is 3.31. The largest absolute Gasteiger partial charge is 0.379 e. The summed E-state index contributed by atoms with van der Waals surface area (Å²) in [5.41, 5.74) is 0.669. The van der Waals surface area contributed by atoms with Crippen LogP contribution in [0.5, 0.6) is 0 Å². The van der Waals surface area contributed by atoms with Gasteiger partial charge in [0.05, 0.1) is 19.3 Å². The second-order valence-electron chi connectivity index (χ2n) is 8.43. The van der Waals surface area contributed by atoms with E-state index < -0.39 is 15.1 Å². The summed E-state index contributed by atoms with van der Waals surface area (Å²) < 4.78 is 74.4. The van der Waals surface area contributed by atoms with Gasteiger partial charge in [-0.05, 0) is 50.8 Å². The summed E-state index contributed by atoms with van der Waals surface area (Å²) in [7, 11) is -9.55. The topological polar surface area (TPSA) is 18.5 Å². The Bertz CT molecular complexity index is 603. The molecule has 8 heteroatoms. The molecule has 0 aliphatic carbocycles. The van der Waals surface area contributed by atoms with Gasteiger partial charge in [-0.3, -0.25) is 0 Å². The average Bonchev–Trinajstić information content (AvgIpc) is 2.66. The molecule has 0 aliphatic heterocycles. The van der Waals surface area contributed by atoms with Gasteiger partial charge in [-0.2, -0.15) is 0 Å². The summed E-state index contributed by atoms with van der Waals surface area (Å²) >= 11 is 0. The Labute approximate surface area is 184 Å². The lowest BCUT2D eigenvalue weighted by atomic mass is 10.0. The maximum Gasteiger partial charge on any atom is 0.310 e. The van der Waals surface area contributed by atoms with E-state index in [1.165, 1.54) is 32.1 Å². The van der Waals surface area contributed by atoms with Gasteiger partial charge in [-0.15, -0.1) is 0 Å². The number of ether oxygens (including phenoxy) is 2. The summed E-state index contributed by atoms with van der Waals surface area (Å²) in [6.45, 7) is 6.13. The lowest BCUT2D eigenvalue weighted by Crippen LogP contribution is -2.10. The van der Waals surface area contributed by atoms with Crippen LogP contribution in [0.25, 0.3) is 0 Å². The van der Waals surface area contributed by atoms with E-state index in [4.69, 9.17) is 9.47 Å². The number of hydrogen-bond acceptors (Lipinski definition) is 2. The zero-order valence-corrected chi connectivity index (χ0v) is 19.7. The summed E-state index contributed by atoms with van der Waals surface area (Å²) in [6, 6.07) is 3.34. The van der Waals surface area contributed by atoms with E-state index in [0.29, 0.717) is 37.3 Å². The Morgan fingerprint density at radius 2 is 1.13 bits per heavy atom. The van der Waals surface area contributed by atoms with Crippen LogP contribution in [0.2, 0.25) is 0 Å². The number of aryl methyl sites for hydroxylation is 1. The first kappa shape index (κ1) is 28.2. The highest BCUT2D eigenvalue weighted by atomic mass is 32.5. The minimum Gasteiger partial charge on any atom is -0.379 e. The van der Waals surface area contributed by atoms with Crippen LogP contribution in [0.4, 0.5) is 19.4 Å². The Kier molecular flexibility index (Phi) is 11.3. The molecule has 2 nitrogen and oxygen atoms in total. The van der Waals surface area contributed by atoms with E-state index in [0.717, 1.165) is 50.8 Å². The summed E-state index contributed by atoms with van der Waals surface area (Å²) in [5, 5.41) is 0. The molecule has 0 aliphatic rings. The van der Waals surface area contributed by atoms with Crippen LogP contribution in [0, 0.1) is 0 Å². The van der Waals surface area contributed by atoms with Crippen LogP contribution in [-0.2, 0) is 15.9 Å². The molecule has 0 N–H and O–H groups in total. The maximum atomic E-state index is 12.7. The van der Waals surface area contributed by atoms with E-state index >= 15 is 0 Å². The fourth-order valence-corrected chi connectivity index (χ4v) is 3.96. The van der Waals surface area contributed by atoms with E-state index in [2.05, 4.69) is 0 Å². The Balaban J connectivity index is 1.93. The highest BCUT2D eigenvalue weighted by Gasteiger charge is 2.65. The minimum absolute atomic E-state index is 0.252. The number of benzene rings is 1. The molecule has 0 atom stereocenters. The zero-order chi connectivity index (χ0) is 23.3. The minimum atomic E-state index is -9.55. The molecule has 0 saturated carbocycles. The van der Waals surface area contributed by atoms with Crippen LogP contribution in [0.15, 0.2) is 29.2 Å². The van der Waals surface area contributed by atoms with Crippen molar-refractivity contribution in [2.24, 2.45) is 0 Å². The molecule has 0 spiro atoms. The first-order chi connectivity index (χ1) is 14.4. The second-order valence-corrected chi connectivity index (χ2v) is 10.8. The predicted octanol–water partition coefficient (Wildman–Crippen LogP) is 9.23. The van der Waals surface area contributed by atoms with Crippen LogP contribution in [0.3, 0.4) is 0 Å². The molecule has 0 fully saturated rings. The Morgan fingerprint density at radius 1 is 0.645 bits per heavy atom. The van der Waals surface area contributed by atoms with Crippen LogP contribution in [-0.4, -0.2) is 25.9 Å². The monoisotopic (exact) mass is 474 g/mol. The molecule has 0 radical (unpaired) electrons. The second kappa shape index (κ2) is 12.4. The van der Waals surface area contributed by atoms with E-state index in [1.807, 2.05) is 13.8 Å². The van der Waals surface area contributed by atoms with Crippen LogP contribution < -0.4 is 0 Å². The molecule has 1 rings (SSSR count). The van der Waals surface area contributed by atoms with Gasteiger partial charge in [-0.1, -0.05) is 82.9 Å². The lowest BCUT2D eigenvalue weighted by molar-refractivity contribution is 0.0186. The van der Waals surface area contributed by atoms with E-state index in [-0.39, 0.29) is 6.10 Å². The van der Waals surface area contributed by atoms with Crippen molar-refractivity contribution in [2.45, 2.75) is 95.5 Å². The number of halogens is 5. The van der Waals surface area contributed by atoms with Crippen molar-refractivity contribution < 1.29 is 28.9 Å². The first-order valence-corrected chi connectivity index (χ1v) is 13.4. The summed E-state index contributed by atoms with van der Waals surface area (Å²) in [5.74, 6) is 0. The SMILES string of the molecule is CC(C)OCCOCCCCCCCCCCCCc1ccc(S(F)(F)(F)(F)F)cc1. The van der Waals surface area contributed by atoms with E-state index in [1.54, 1.807) is 0 Å². The highest BCUT2D eigenvalue weighted by molar-refractivity contribution is 8.45. The van der Waals surface area contributed by atoms with E-state index in [9.17, 15) is 19.4 Å². The molecule has 1 aromatic rings. The Morgan fingerprint density at radius 3 is 1.61 bits per heavy atom. The molecule has 184 valence electrons. The zero-order valence-electron chi connectivity index (χ0n) is 18.9. The first-order valence-electron chi connectivity index (χ1n) is 11.4. The van der Waals surface area contributed by atoms with Crippen molar-refractivity contribution in [1.29, 1.82) is 0 Å². The van der Waals surface area contributed by atoms with Crippen molar-refractivity contribution in [2.75, 3.05) is 19.8 Å². The van der Waals surface area contributed by atoms with Gasteiger partial charge in [0.15, 0.2) is 0 Å². The van der Waals surface area contributed by atoms with Gasteiger partial charge >= 0.3 is 10.2 Å². The van der Waals surface area contributed by atoms with Crippen molar-refractivity contribution in [1.82, 2.24) is 0 Å². The normalized spacial score (nSPS) is 14.6. The highest BCUT2D eigenvalue weighted by Crippen LogP contribution is 3.02. The molecule has 0 unspecified atom stereocenters. The molecule has 0 heterocycles. The molecular weight excluding hydrogens is 435 g/mol. The lowest BCUT2D eigenvalue weighted by Gasteiger charge is -2.40. The van der Waals surface area contributed by atoms with Crippen molar-refractivity contribution in [3.8, 4) is 0 Å². The van der Waals surface area contributed by atoms with Crippen molar-refractivity contribution in [3.05, 3.63) is 29.8 Å². The van der Waals surface area contributed by atoms with Gasteiger partial charge in [0.25, 0.3) is 0 Å². The number of rotatable bonds is 18. The third-order valence-corrected chi connectivity index (χ3v) is 6.21. The average molecular weight is 475 g/mol. The standard InChI is InChI=1S/C23H39F5O2S/c1-21(2)30-20-19-29-18-12-10-8-6-4-3-5-7-9-11-13-22-14-16-23(17-15-22)31(24,25,26,27)28/h14-17,21H,3-13,18-20H2,1-2H3. The van der Waals surface area contributed by atoms with Gasteiger partial charge < -0.3 is 9.47 Å². The summed E-state index contributed by atoms with van der Waals surface area (Å²) in [4.78, 5) is -1.81. The number of unbranched alkanes of at least 4 members (excludes halogenated alkanes) is 9. The summed E-state index contributed by atoms with van der Waals surface area (Å²) in [6.07, 6.45) is 12.1. The third kappa shape index (κ3) is 14.8.